The van der Waals surface area contributed by atoms with Gasteiger partial charge in [0.05, 0.1) is 0 Å². The number of thioether (sulfide) groups is 1. The first-order valence-electron chi connectivity index (χ1n) is 7.19. The Morgan fingerprint density at radius 1 is 1.38 bits per heavy atom. The molecule has 1 fully saturated rings. The highest BCUT2D eigenvalue weighted by Crippen LogP contribution is 2.17. The minimum atomic E-state index is 0.459. The van der Waals surface area contributed by atoms with E-state index >= 15 is 0 Å². The van der Waals surface area contributed by atoms with E-state index < -0.39 is 0 Å². The number of aromatic nitrogens is 3. The van der Waals surface area contributed by atoms with E-state index in [1.54, 1.807) is 18.1 Å². The summed E-state index contributed by atoms with van der Waals surface area (Å²) in [6.07, 6.45) is 2.79. The fourth-order valence-corrected chi connectivity index (χ4v) is 3.31. The molecule has 2 aromatic rings. The first-order chi connectivity index (χ1) is 10.3. The summed E-state index contributed by atoms with van der Waals surface area (Å²) in [5, 5.41) is 12.5. The number of hydrogen-bond acceptors (Lipinski definition) is 4. The monoisotopic (exact) mass is 301 g/mol. The molecule has 0 radical (unpaired) electrons. The molecule has 3 rings (SSSR count). The Kier molecular flexibility index (Phi) is 4.55. The van der Waals surface area contributed by atoms with Gasteiger partial charge in [-0.15, -0.1) is 10.2 Å². The lowest BCUT2D eigenvalue weighted by Gasteiger charge is -2.09. The summed E-state index contributed by atoms with van der Waals surface area (Å²) >= 11 is 1.79. The maximum Gasteiger partial charge on any atom is 0.157 e. The van der Waals surface area contributed by atoms with Crippen LogP contribution in [0.4, 0.5) is 0 Å². The summed E-state index contributed by atoms with van der Waals surface area (Å²) < 4.78 is 2.02. The molecule has 1 aromatic carbocycles. The van der Waals surface area contributed by atoms with Crippen LogP contribution in [0, 0.1) is 0 Å². The van der Waals surface area contributed by atoms with Gasteiger partial charge in [-0.2, -0.15) is 0 Å². The Morgan fingerprint density at radius 3 is 3.05 bits per heavy atom. The number of hydrogen-bond donors (Lipinski definition) is 1. The van der Waals surface area contributed by atoms with Crippen molar-refractivity contribution in [3.05, 3.63) is 48.0 Å². The molecule has 1 aromatic heterocycles. The number of rotatable bonds is 5. The zero-order valence-electron chi connectivity index (χ0n) is 12.1. The third kappa shape index (κ3) is 3.64. The molecule has 1 unspecified atom stereocenters. The Balaban J connectivity index is 1.55. The van der Waals surface area contributed by atoms with E-state index in [2.05, 4.69) is 57.8 Å². The first kappa shape index (κ1) is 14.1. The summed E-state index contributed by atoms with van der Waals surface area (Å²) in [5.41, 5.74) is 1.36. The molecule has 0 spiro atoms. The Labute approximate surface area is 128 Å². The van der Waals surface area contributed by atoms with E-state index in [-0.39, 0.29) is 0 Å². The smallest absolute Gasteiger partial charge is 0.157 e. The third-order valence-electron chi connectivity index (χ3n) is 3.47. The van der Waals surface area contributed by atoms with Gasteiger partial charge in [-0.3, -0.25) is 4.99 Å². The summed E-state index contributed by atoms with van der Waals surface area (Å²) in [6.45, 7) is 3.55. The molecule has 1 saturated heterocycles. The number of nitrogens with zero attached hydrogens (tertiary/aromatic N) is 4. The van der Waals surface area contributed by atoms with Crippen LogP contribution in [0.25, 0.3) is 0 Å². The van der Waals surface area contributed by atoms with Gasteiger partial charge in [-0.05, 0) is 18.9 Å². The largest absolute Gasteiger partial charge is 0.361 e. The Hall–Kier alpha value is -1.82. The lowest BCUT2D eigenvalue weighted by atomic mass is 10.1. The average molecular weight is 301 g/mol. The number of amidine groups is 1. The van der Waals surface area contributed by atoms with Crippen LogP contribution in [0.2, 0.25) is 0 Å². The Morgan fingerprint density at radius 2 is 2.24 bits per heavy atom. The van der Waals surface area contributed by atoms with Gasteiger partial charge in [-0.1, -0.05) is 42.1 Å². The van der Waals surface area contributed by atoms with E-state index in [4.69, 9.17) is 0 Å². The molecule has 0 aliphatic carbocycles. The summed E-state index contributed by atoms with van der Waals surface area (Å²) in [7, 11) is 0. The minimum absolute atomic E-state index is 0.459. The molecular formula is C15H19N5S. The van der Waals surface area contributed by atoms with Crippen molar-refractivity contribution >= 4 is 16.9 Å². The molecule has 110 valence electrons. The van der Waals surface area contributed by atoms with Gasteiger partial charge < -0.3 is 9.88 Å². The first-order valence-corrected chi connectivity index (χ1v) is 8.18. The van der Waals surface area contributed by atoms with Crippen LogP contribution in [-0.2, 0) is 19.5 Å². The predicted molar refractivity (Wildman–Crippen MR) is 86.4 cm³/mol. The molecule has 0 bridgehead atoms. The SMILES string of the molecule is CCn1cnnc1CN=C1NC(Cc2ccccc2)CS1. The van der Waals surface area contributed by atoms with Crippen molar-refractivity contribution in [3.8, 4) is 0 Å². The second kappa shape index (κ2) is 6.76. The van der Waals surface area contributed by atoms with E-state index in [0.29, 0.717) is 12.6 Å². The second-order valence-corrected chi connectivity index (χ2v) is 6.01. The van der Waals surface area contributed by atoms with Gasteiger partial charge in [0, 0.05) is 18.3 Å². The standard InChI is InChI=1S/C15H19N5S/c1-2-20-11-17-19-14(20)9-16-15-18-13(10-21-15)8-12-6-4-3-5-7-12/h3-7,11,13H,2,8-10H2,1H3,(H,16,18). The minimum Gasteiger partial charge on any atom is -0.361 e. The quantitative estimate of drug-likeness (QED) is 0.919. The van der Waals surface area contributed by atoms with Crippen LogP contribution < -0.4 is 5.32 Å². The number of nitrogens with one attached hydrogen (secondary N) is 1. The summed E-state index contributed by atoms with van der Waals surface area (Å²) in [4.78, 5) is 4.61. The van der Waals surface area contributed by atoms with Crippen molar-refractivity contribution < 1.29 is 0 Å². The van der Waals surface area contributed by atoms with E-state index in [0.717, 1.165) is 29.7 Å². The Bertz CT molecular complexity index is 608. The van der Waals surface area contributed by atoms with Crippen molar-refractivity contribution in [2.45, 2.75) is 32.5 Å². The molecule has 0 saturated carbocycles. The molecular weight excluding hydrogens is 282 g/mol. The van der Waals surface area contributed by atoms with E-state index in [9.17, 15) is 0 Å². The van der Waals surface area contributed by atoms with Gasteiger partial charge in [0.2, 0.25) is 0 Å². The highest BCUT2D eigenvalue weighted by Gasteiger charge is 2.20. The molecule has 5 nitrogen and oxygen atoms in total. The van der Waals surface area contributed by atoms with Gasteiger partial charge in [0.1, 0.15) is 12.9 Å². The van der Waals surface area contributed by atoms with Crippen LogP contribution in [0.15, 0.2) is 41.7 Å². The second-order valence-electron chi connectivity index (χ2n) is 5.00. The molecule has 6 heteroatoms. The molecule has 21 heavy (non-hydrogen) atoms. The van der Waals surface area contributed by atoms with E-state index in [1.165, 1.54) is 5.56 Å². The van der Waals surface area contributed by atoms with Crippen molar-refractivity contribution in [1.29, 1.82) is 0 Å². The highest BCUT2D eigenvalue weighted by molar-refractivity contribution is 8.14. The van der Waals surface area contributed by atoms with Crippen molar-refractivity contribution in [2.75, 3.05) is 5.75 Å². The van der Waals surface area contributed by atoms with Gasteiger partial charge >= 0.3 is 0 Å². The molecule has 1 N–H and O–H groups in total. The molecule has 1 atom stereocenters. The van der Waals surface area contributed by atoms with Crippen LogP contribution in [0.1, 0.15) is 18.3 Å². The summed E-state index contributed by atoms with van der Waals surface area (Å²) in [5.74, 6) is 1.98. The van der Waals surface area contributed by atoms with Crippen molar-refractivity contribution in [2.24, 2.45) is 4.99 Å². The maximum absolute atomic E-state index is 4.61. The van der Waals surface area contributed by atoms with Crippen molar-refractivity contribution in [3.63, 3.8) is 0 Å². The molecule has 1 aliphatic rings. The lowest BCUT2D eigenvalue weighted by Crippen LogP contribution is -2.29. The number of aliphatic imine (C=N–C) groups is 1. The molecule has 1 aliphatic heterocycles. The zero-order valence-corrected chi connectivity index (χ0v) is 12.9. The van der Waals surface area contributed by atoms with Crippen LogP contribution in [0.3, 0.4) is 0 Å². The van der Waals surface area contributed by atoms with Crippen molar-refractivity contribution in [1.82, 2.24) is 20.1 Å². The number of benzene rings is 1. The average Bonchev–Trinajstić information content (AvgIpc) is 3.15. The summed E-state index contributed by atoms with van der Waals surface area (Å²) in [6, 6.07) is 11.0. The number of aryl methyl sites for hydroxylation is 1. The predicted octanol–water partition coefficient (Wildman–Crippen LogP) is 2.10. The van der Waals surface area contributed by atoms with Gasteiger partial charge in [0.15, 0.2) is 11.0 Å². The van der Waals surface area contributed by atoms with Gasteiger partial charge in [0.25, 0.3) is 0 Å². The topological polar surface area (TPSA) is 55.1 Å². The van der Waals surface area contributed by atoms with Gasteiger partial charge in [-0.25, -0.2) is 0 Å². The highest BCUT2D eigenvalue weighted by atomic mass is 32.2. The zero-order chi connectivity index (χ0) is 14.5. The van der Waals surface area contributed by atoms with Crippen LogP contribution >= 0.6 is 11.8 Å². The normalized spacial score (nSPS) is 19.9. The van der Waals surface area contributed by atoms with Crippen LogP contribution in [-0.4, -0.2) is 31.7 Å². The fraction of sp³-hybridized carbons (Fsp3) is 0.400. The van der Waals surface area contributed by atoms with E-state index in [1.807, 2.05) is 4.57 Å². The van der Waals surface area contributed by atoms with Crippen LogP contribution in [0.5, 0.6) is 0 Å². The molecule has 2 heterocycles. The maximum atomic E-state index is 4.61. The fourth-order valence-electron chi connectivity index (χ4n) is 2.35. The lowest BCUT2D eigenvalue weighted by molar-refractivity contribution is 0.679. The third-order valence-corrected chi connectivity index (χ3v) is 4.56. The molecule has 0 amide bonds.